The number of halogens is 1. The third-order valence-corrected chi connectivity index (χ3v) is 9.06. The van der Waals surface area contributed by atoms with Gasteiger partial charge in [-0.3, -0.25) is 0 Å². The average Bonchev–Trinajstić information content (AvgIpc) is 3.05. The van der Waals surface area contributed by atoms with Crippen LogP contribution in [0.5, 0.6) is 0 Å². The van der Waals surface area contributed by atoms with E-state index < -0.39 is 0 Å². The van der Waals surface area contributed by atoms with Crippen LogP contribution in [0.1, 0.15) is 55.6 Å². The maximum atomic E-state index is 4.24. The van der Waals surface area contributed by atoms with Gasteiger partial charge in [0.05, 0.1) is 0 Å². The normalized spacial score (nSPS) is 11.0. The molecule has 6 aromatic carbocycles. The Bertz CT molecular complexity index is 1600. The fourth-order valence-electron chi connectivity index (χ4n) is 6.00. The average molecular weight is 608 g/mol. The predicted octanol–water partition coefficient (Wildman–Crippen LogP) is 10.4. The molecule has 0 aliphatic heterocycles. The first kappa shape index (κ1) is 27.9. The zero-order chi connectivity index (χ0) is 28.6. The van der Waals surface area contributed by atoms with Crippen LogP contribution in [-0.2, 0) is 32.1 Å². The molecule has 42 heavy (non-hydrogen) atoms. The van der Waals surface area contributed by atoms with Crippen molar-refractivity contribution in [1.82, 2.24) is 0 Å². The summed E-state index contributed by atoms with van der Waals surface area (Å²) in [6, 6.07) is 54.7. The lowest BCUT2D eigenvalue weighted by Gasteiger charge is -2.26. The molecule has 0 unspecified atom stereocenters. The van der Waals surface area contributed by atoms with Crippen molar-refractivity contribution in [3.05, 3.63) is 212 Å². The van der Waals surface area contributed by atoms with Crippen molar-refractivity contribution in [2.24, 2.45) is 0 Å². The molecule has 0 nitrogen and oxygen atoms in total. The predicted molar refractivity (Wildman–Crippen MR) is 180 cm³/mol. The first-order chi connectivity index (χ1) is 20.7. The second-order valence-corrected chi connectivity index (χ2v) is 11.8. The molecule has 0 bridgehead atoms. The summed E-state index contributed by atoms with van der Waals surface area (Å²) in [5.41, 5.74) is 13.9. The molecule has 0 N–H and O–H groups in total. The first-order valence-electron chi connectivity index (χ1n) is 14.8. The summed E-state index contributed by atoms with van der Waals surface area (Å²) in [4.78, 5) is 0. The lowest BCUT2D eigenvalue weighted by atomic mass is 9.80. The van der Waals surface area contributed by atoms with Gasteiger partial charge in [0, 0.05) is 4.47 Å². The monoisotopic (exact) mass is 606 g/mol. The molecule has 0 amide bonds. The molecule has 0 saturated heterocycles. The van der Waals surface area contributed by atoms with Crippen molar-refractivity contribution < 1.29 is 0 Å². The van der Waals surface area contributed by atoms with E-state index in [1.807, 2.05) is 0 Å². The topological polar surface area (TPSA) is 0 Å². The molecule has 0 aliphatic rings. The molecule has 0 heterocycles. The lowest BCUT2D eigenvalue weighted by molar-refractivity contribution is 0.954. The van der Waals surface area contributed by atoms with Gasteiger partial charge in [0.2, 0.25) is 0 Å². The Morgan fingerprint density at radius 2 is 0.452 bits per heavy atom. The Labute approximate surface area is 258 Å². The minimum atomic E-state index is 0.888. The molecule has 6 aromatic rings. The van der Waals surface area contributed by atoms with E-state index >= 15 is 0 Å². The molecular weight excluding hydrogens is 572 g/mol. The Morgan fingerprint density at radius 1 is 0.262 bits per heavy atom. The zero-order valence-electron chi connectivity index (χ0n) is 23.8. The van der Waals surface area contributed by atoms with Crippen LogP contribution < -0.4 is 0 Å². The summed E-state index contributed by atoms with van der Waals surface area (Å²) < 4.78 is 1.25. The smallest absolute Gasteiger partial charge is 0.0252 e. The summed E-state index contributed by atoms with van der Waals surface area (Å²) >= 11 is 4.24. The van der Waals surface area contributed by atoms with Crippen LogP contribution in [0.2, 0.25) is 0 Å². The number of hydrogen-bond donors (Lipinski definition) is 0. The van der Waals surface area contributed by atoms with Crippen molar-refractivity contribution >= 4 is 15.9 Å². The van der Waals surface area contributed by atoms with Gasteiger partial charge in [-0.2, -0.15) is 0 Å². The second-order valence-electron chi connectivity index (χ2n) is 11.0. The van der Waals surface area contributed by atoms with Gasteiger partial charge in [-0.15, -0.1) is 0 Å². The van der Waals surface area contributed by atoms with Crippen LogP contribution in [0.15, 0.2) is 156 Å². The molecule has 0 fully saturated rings. The Morgan fingerprint density at radius 3 is 0.690 bits per heavy atom. The maximum absolute atomic E-state index is 4.24. The van der Waals surface area contributed by atoms with Gasteiger partial charge in [0.1, 0.15) is 0 Å². The molecule has 6 rings (SSSR count). The van der Waals surface area contributed by atoms with E-state index in [1.165, 1.54) is 60.1 Å². The van der Waals surface area contributed by atoms with Crippen LogP contribution in [-0.4, -0.2) is 0 Å². The molecule has 0 aromatic heterocycles. The van der Waals surface area contributed by atoms with Gasteiger partial charge >= 0.3 is 0 Å². The lowest BCUT2D eigenvalue weighted by Crippen LogP contribution is -2.13. The maximum Gasteiger partial charge on any atom is 0.0252 e. The summed E-state index contributed by atoms with van der Waals surface area (Å²) in [7, 11) is 0. The summed E-state index contributed by atoms with van der Waals surface area (Å²) in [5.74, 6) is 0. The van der Waals surface area contributed by atoms with Gasteiger partial charge in [-0.05, 0) is 87.7 Å². The molecule has 206 valence electrons. The van der Waals surface area contributed by atoms with E-state index in [2.05, 4.69) is 168 Å². The molecule has 0 saturated carbocycles. The van der Waals surface area contributed by atoms with E-state index in [9.17, 15) is 0 Å². The minimum Gasteiger partial charge on any atom is -0.0622 e. The van der Waals surface area contributed by atoms with Gasteiger partial charge in [-0.1, -0.05) is 168 Å². The van der Waals surface area contributed by atoms with Crippen molar-refractivity contribution in [2.75, 3.05) is 0 Å². The second kappa shape index (κ2) is 13.6. The van der Waals surface area contributed by atoms with Crippen LogP contribution in [0.3, 0.4) is 0 Å². The van der Waals surface area contributed by atoms with Gasteiger partial charge in [0.15, 0.2) is 0 Å². The third-order valence-electron chi connectivity index (χ3n) is 8.11. The third kappa shape index (κ3) is 6.81. The molecule has 0 aliphatic carbocycles. The number of benzene rings is 6. The standard InChI is InChI=1S/C41H35Br/c42-41-39(29-34-22-12-4-13-23-34)37(27-32-18-8-2-9-19-32)36(26-31-16-6-1-7-17-31)38(28-33-20-10-3-11-21-33)40(41)30-35-24-14-5-15-25-35/h1-25H,26-30H2. The van der Waals surface area contributed by atoms with E-state index in [1.54, 1.807) is 0 Å². The highest BCUT2D eigenvalue weighted by atomic mass is 79.9. The molecule has 0 spiro atoms. The van der Waals surface area contributed by atoms with Crippen LogP contribution in [0.4, 0.5) is 0 Å². The van der Waals surface area contributed by atoms with Crippen LogP contribution >= 0.6 is 15.9 Å². The first-order valence-corrected chi connectivity index (χ1v) is 15.6. The quantitative estimate of drug-likeness (QED) is 0.145. The SMILES string of the molecule is Brc1c(Cc2ccccc2)c(Cc2ccccc2)c(Cc2ccccc2)c(Cc2ccccc2)c1Cc1ccccc1. The highest BCUT2D eigenvalue weighted by molar-refractivity contribution is 9.10. The Kier molecular flexibility index (Phi) is 9.08. The minimum absolute atomic E-state index is 0.888. The van der Waals surface area contributed by atoms with Crippen molar-refractivity contribution in [2.45, 2.75) is 32.1 Å². The number of hydrogen-bond acceptors (Lipinski definition) is 0. The van der Waals surface area contributed by atoms with Gasteiger partial charge in [-0.25, -0.2) is 0 Å². The van der Waals surface area contributed by atoms with Gasteiger partial charge in [0.25, 0.3) is 0 Å². The van der Waals surface area contributed by atoms with Crippen molar-refractivity contribution in [3.63, 3.8) is 0 Å². The van der Waals surface area contributed by atoms with E-state index in [-0.39, 0.29) is 0 Å². The molecule has 0 radical (unpaired) electrons. The highest BCUT2D eigenvalue weighted by Gasteiger charge is 2.24. The van der Waals surface area contributed by atoms with Crippen LogP contribution in [0, 0.1) is 0 Å². The van der Waals surface area contributed by atoms with Crippen molar-refractivity contribution in [1.29, 1.82) is 0 Å². The molecular formula is C41H35Br. The summed E-state index contributed by atoms with van der Waals surface area (Å²) in [5, 5.41) is 0. The van der Waals surface area contributed by atoms with E-state index in [4.69, 9.17) is 0 Å². The fraction of sp³-hybridized carbons (Fsp3) is 0.122. The summed E-state index contributed by atoms with van der Waals surface area (Å²) in [6.45, 7) is 0. The Balaban J connectivity index is 1.62. The molecule has 0 atom stereocenters. The highest BCUT2D eigenvalue weighted by Crippen LogP contribution is 2.39. The number of rotatable bonds is 10. The zero-order valence-corrected chi connectivity index (χ0v) is 25.4. The van der Waals surface area contributed by atoms with E-state index in [0.29, 0.717) is 0 Å². The van der Waals surface area contributed by atoms with E-state index in [0.717, 1.165) is 32.1 Å². The van der Waals surface area contributed by atoms with Crippen molar-refractivity contribution in [3.8, 4) is 0 Å². The molecule has 1 heteroatoms. The van der Waals surface area contributed by atoms with Gasteiger partial charge < -0.3 is 0 Å². The largest absolute Gasteiger partial charge is 0.0622 e. The Hall–Kier alpha value is -4.20. The fourth-order valence-corrected chi connectivity index (χ4v) is 6.76. The summed E-state index contributed by atoms with van der Waals surface area (Å²) in [6.07, 6.45) is 4.48. The van der Waals surface area contributed by atoms with Crippen LogP contribution in [0.25, 0.3) is 0 Å².